The first-order valence-corrected chi connectivity index (χ1v) is 16.0. The molecule has 0 aliphatic carbocycles. The van der Waals surface area contributed by atoms with Crippen molar-refractivity contribution in [1.82, 2.24) is 19.9 Å². The molecule has 0 saturated heterocycles. The fourth-order valence-electron chi connectivity index (χ4n) is 3.65. The molecule has 14 nitrogen and oxygen atoms in total. The Morgan fingerprint density at radius 3 is 1.83 bits per heavy atom. The fraction of sp³-hybridized carbons (Fsp3) is 0.160. The molecule has 0 amide bonds. The second-order valence-corrected chi connectivity index (χ2v) is 13.0. The van der Waals surface area contributed by atoms with E-state index in [1.807, 2.05) is 24.3 Å². The smallest absolute Gasteiger partial charge is 1.00 e. The molecule has 244 valence electrons. The average Bonchev–Trinajstić information content (AvgIpc) is 3.37. The molecule has 0 N–H and O–H groups in total. The van der Waals surface area contributed by atoms with Gasteiger partial charge in [-0.3, -0.25) is 17.8 Å². The molecule has 2 aromatic heterocycles. The summed E-state index contributed by atoms with van der Waals surface area (Å²) in [5.74, 6) is 0.358. The van der Waals surface area contributed by atoms with Gasteiger partial charge in [0.05, 0.1) is 31.3 Å². The Morgan fingerprint density at radius 1 is 0.872 bits per heavy atom. The molecular formula is C25H25Cl3FK2N7O7S2. The SMILES string of the molecule is CN1c2ccccc2CS1(=O)=O.CN1c2ccccc2N(c2ccnc(Cl)n2)S1(=O)=O.Clc1ccnc(Cl)n1.O=CO[O-].[2H]CF.[H-].[K+].[K+]. The Balaban J connectivity index is 0. The molecule has 2 aliphatic rings. The van der Waals surface area contributed by atoms with E-state index in [0.717, 1.165) is 15.6 Å². The Hall–Kier alpha value is -0.597. The van der Waals surface area contributed by atoms with Gasteiger partial charge in [-0.1, -0.05) is 41.9 Å². The number of para-hydroxylation sites is 3. The van der Waals surface area contributed by atoms with Crippen LogP contribution in [0.15, 0.2) is 73.1 Å². The molecule has 0 unspecified atom stereocenters. The monoisotopic (exact) mass is 802 g/mol. The standard InChI is InChI=1S/C11H9ClN4O2S.C8H9NO2S.C4H2Cl2N2.CH3F.CH2O3.2K.H/c1-15-8-4-2-3-5-9(8)16(19(15,17)18)10-6-7-13-11(12)14-10;1-9-8-5-3-2-4-7(8)6-12(9,10)11;5-3-1-2-7-4(6)8-3;1-2;2-1-4-3;;;/h2-7H,1H3;2-5H,6H2,1H3;1-2H;1H3;1,3H;;;/q;;;;;2*+1;-1/p-1/i;;;1D;;;;. The van der Waals surface area contributed by atoms with E-state index in [4.69, 9.17) is 46.2 Å². The number of alkyl halides is 1. The van der Waals surface area contributed by atoms with Gasteiger partial charge in [0.25, 0.3) is 6.47 Å². The largest absolute Gasteiger partial charge is 1.00 e. The molecule has 0 radical (unpaired) electrons. The molecule has 0 saturated carbocycles. The van der Waals surface area contributed by atoms with Crippen molar-refractivity contribution < 1.29 is 142 Å². The minimum Gasteiger partial charge on any atom is -1.00 e. The molecule has 0 bridgehead atoms. The van der Waals surface area contributed by atoms with Crippen molar-refractivity contribution in [3.63, 3.8) is 0 Å². The number of hydrogen-bond donors (Lipinski definition) is 0. The van der Waals surface area contributed by atoms with Gasteiger partial charge >= 0.3 is 113 Å². The van der Waals surface area contributed by atoms with Gasteiger partial charge in [0, 0.05) is 32.6 Å². The van der Waals surface area contributed by atoms with Crippen LogP contribution in [0.2, 0.25) is 15.7 Å². The topological polar surface area (TPSA) is 179 Å². The van der Waals surface area contributed by atoms with Gasteiger partial charge in [-0.05, 0) is 53.0 Å². The third kappa shape index (κ3) is 12.9. The summed E-state index contributed by atoms with van der Waals surface area (Å²) in [4.78, 5) is 26.2. The number of anilines is 4. The number of aromatic nitrogens is 4. The Kier molecular flexibility index (Phi) is 21.0. The first kappa shape index (κ1) is 44.4. The number of halogens is 4. The summed E-state index contributed by atoms with van der Waals surface area (Å²) < 4.78 is 66.7. The van der Waals surface area contributed by atoms with Crippen LogP contribution >= 0.6 is 34.8 Å². The van der Waals surface area contributed by atoms with Crippen LogP contribution in [-0.2, 0) is 35.7 Å². The predicted octanol–water partition coefficient (Wildman–Crippen LogP) is -2.15. The zero-order valence-corrected chi connectivity index (χ0v) is 35.4. The van der Waals surface area contributed by atoms with Crippen LogP contribution in [0, 0.1) is 0 Å². The van der Waals surface area contributed by atoms with Gasteiger partial charge in [-0.25, -0.2) is 27.7 Å². The number of carbonyl (C=O) groups is 1. The average molecular weight is 804 g/mol. The number of nitrogens with zero attached hydrogens (tertiary/aromatic N) is 7. The van der Waals surface area contributed by atoms with E-state index < -0.39 is 27.4 Å². The molecule has 2 aromatic carbocycles. The molecule has 0 spiro atoms. The van der Waals surface area contributed by atoms with E-state index in [1.165, 1.54) is 34.1 Å². The third-order valence-electron chi connectivity index (χ3n) is 5.55. The van der Waals surface area contributed by atoms with Crippen LogP contribution in [0.3, 0.4) is 0 Å². The van der Waals surface area contributed by atoms with Crippen LogP contribution in [0.5, 0.6) is 0 Å². The molecule has 6 rings (SSSR count). The number of sulfonamides is 1. The van der Waals surface area contributed by atoms with Crippen LogP contribution in [-0.4, -0.2) is 64.5 Å². The molecule has 2 aliphatic heterocycles. The maximum atomic E-state index is 12.4. The Morgan fingerprint density at radius 2 is 1.36 bits per heavy atom. The van der Waals surface area contributed by atoms with Crippen LogP contribution in [0.4, 0.5) is 27.3 Å². The first-order valence-electron chi connectivity index (χ1n) is 12.6. The maximum Gasteiger partial charge on any atom is 1.00 e. The second-order valence-electron chi connectivity index (χ2n) is 8.11. The van der Waals surface area contributed by atoms with Crippen molar-refractivity contribution >= 4 is 84.4 Å². The summed E-state index contributed by atoms with van der Waals surface area (Å²) in [5.41, 5.74) is 2.83. The normalized spacial score (nSPS) is 14.0. The number of carbonyl (C=O) groups excluding carboxylic acids is 1. The second kappa shape index (κ2) is 22.3. The van der Waals surface area contributed by atoms with Crippen molar-refractivity contribution in [2.24, 2.45) is 0 Å². The maximum absolute atomic E-state index is 12.4. The summed E-state index contributed by atoms with van der Waals surface area (Å²) in [6.07, 6.45) is 2.92. The summed E-state index contributed by atoms with van der Waals surface area (Å²) in [5, 5.41) is 8.97. The van der Waals surface area contributed by atoms with Crippen molar-refractivity contribution in [2.75, 3.05) is 34.2 Å². The van der Waals surface area contributed by atoms with E-state index in [-0.39, 0.29) is 133 Å². The summed E-state index contributed by atoms with van der Waals surface area (Å²) >= 11 is 16.5. The quantitative estimate of drug-likeness (QED) is 0.0539. The molecule has 0 fully saturated rings. The molecular weight excluding hydrogens is 778 g/mol. The van der Waals surface area contributed by atoms with Crippen molar-refractivity contribution in [3.8, 4) is 0 Å². The van der Waals surface area contributed by atoms with Crippen LogP contribution in [0.25, 0.3) is 0 Å². The summed E-state index contributed by atoms with van der Waals surface area (Å²) in [7, 11) is -4.65. The van der Waals surface area contributed by atoms with Gasteiger partial charge in [0.15, 0.2) is 5.82 Å². The summed E-state index contributed by atoms with van der Waals surface area (Å²) in [6, 6.07) is 17.4. The number of benzene rings is 2. The van der Waals surface area contributed by atoms with Crippen LogP contribution < -0.4 is 121 Å². The van der Waals surface area contributed by atoms with E-state index in [9.17, 15) is 21.2 Å². The van der Waals surface area contributed by atoms with E-state index in [2.05, 4.69) is 24.8 Å². The van der Waals surface area contributed by atoms with Crippen molar-refractivity contribution in [3.05, 3.63) is 94.3 Å². The molecule has 0 atom stereocenters. The van der Waals surface area contributed by atoms with Gasteiger partial charge in [0.2, 0.25) is 20.6 Å². The molecule has 4 aromatic rings. The number of hydrogen-bond acceptors (Lipinski definition) is 11. The molecule has 47 heavy (non-hydrogen) atoms. The van der Waals surface area contributed by atoms with Gasteiger partial charge < -0.3 is 11.6 Å². The van der Waals surface area contributed by atoms with Gasteiger partial charge in [-0.15, -0.1) is 0 Å². The van der Waals surface area contributed by atoms with Crippen LogP contribution in [0.1, 0.15) is 8.36 Å². The predicted molar refractivity (Wildman–Crippen MR) is 168 cm³/mol. The first-order chi connectivity index (χ1) is 21.7. The van der Waals surface area contributed by atoms with Gasteiger partial charge in [-0.2, -0.15) is 13.4 Å². The number of rotatable bonds is 2. The van der Waals surface area contributed by atoms with E-state index in [0.29, 0.717) is 16.5 Å². The summed E-state index contributed by atoms with van der Waals surface area (Å²) in [6.45, 7) is -0.181. The number of fused-ring (bicyclic) bond motifs is 2. The third-order valence-corrected chi connectivity index (χ3v) is 9.57. The minimum atomic E-state index is -3.68. The van der Waals surface area contributed by atoms with Crippen molar-refractivity contribution in [2.45, 2.75) is 5.75 Å². The van der Waals surface area contributed by atoms with E-state index >= 15 is 0 Å². The minimum absolute atomic E-state index is 0. The zero-order chi connectivity index (χ0) is 34.5. The molecule has 22 heteroatoms. The fourth-order valence-corrected chi connectivity index (χ4v) is 6.82. The Bertz CT molecular complexity index is 1830. The van der Waals surface area contributed by atoms with E-state index in [1.54, 1.807) is 37.4 Å². The van der Waals surface area contributed by atoms with Gasteiger partial charge in [0.1, 0.15) is 5.15 Å². The molecule has 4 heterocycles. The van der Waals surface area contributed by atoms with Crippen molar-refractivity contribution in [1.29, 1.82) is 0 Å². The Labute approximate surface area is 374 Å². The zero-order valence-electron chi connectivity index (χ0n) is 27.2.